The number of hydrogen-bond acceptors (Lipinski definition) is 7. The van der Waals surface area contributed by atoms with Crippen LogP contribution in [0.4, 0.5) is 15.6 Å². The molecule has 140 valence electrons. The Bertz CT molecular complexity index is 741. The molecule has 0 unspecified atom stereocenters. The molecular formula is C17H23N5O2S2. The van der Waals surface area contributed by atoms with Gasteiger partial charge in [0.2, 0.25) is 11.0 Å². The van der Waals surface area contributed by atoms with Crippen molar-refractivity contribution < 1.29 is 9.59 Å². The van der Waals surface area contributed by atoms with Crippen LogP contribution >= 0.6 is 23.1 Å². The number of anilines is 2. The Kier molecular flexibility index (Phi) is 7.86. The number of imide groups is 1. The van der Waals surface area contributed by atoms with Crippen molar-refractivity contribution in [1.29, 1.82) is 0 Å². The van der Waals surface area contributed by atoms with E-state index in [-0.39, 0.29) is 11.7 Å². The fourth-order valence-electron chi connectivity index (χ4n) is 2.32. The van der Waals surface area contributed by atoms with Crippen molar-refractivity contribution in [2.24, 2.45) is 0 Å². The first-order valence-corrected chi connectivity index (χ1v) is 10.3. The van der Waals surface area contributed by atoms with E-state index in [1.54, 1.807) is 6.92 Å². The number of thioether (sulfide) groups is 1. The molecule has 0 saturated heterocycles. The zero-order chi connectivity index (χ0) is 18.9. The number of para-hydroxylation sites is 1. The molecule has 1 heterocycles. The number of carbonyl (C=O) groups excluding carboxylic acids is 2. The number of benzene rings is 1. The summed E-state index contributed by atoms with van der Waals surface area (Å²) >= 11 is 2.64. The second-order valence-electron chi connectivity index (χ2n) is 5.35. The van der Waals surface area contributed by atoms with E-state index in [1.807, 2.05) is 0 Å². The maximum Gasteiger partial charge on any atom is 0.321 e. The Morgan fingerprint density at radius 1 is 1.12 bits per heavy atom. The van der Waals surface area contributed by atoms with Gasteiger partial charge in [-0.2, -0.15) is 0 Å². The lowest BCUT2D eigenvalue weighted by atomic mass is 10.0. The first-order chi connectivity index (χ1) is 12.6. The molecular weight excluding hydrogens is 370 g/mol. The maximum atomic E-state index is 11.7. The SMILES string of the molecule is CCNC(=O)NC(=O)CSc1nnc(Nc2c(CC)cccc2CC)s1. The molecule has 0 bridgehead atoms. The molecule has 0 saturated carbocycles. The van der Waals surface area contributed by atoms with Gasteiger partial charge in [-0.25, -0.2) is 4.79 Å². The van der Waals surface area contributed by atoms with Crippen LogP contribution in [0.25, 0.3) is 0 Å². The van der Waals surface area contributed by atoms with E-state index in [9.17, 15) is 9.59 Å². The monoisotopic (exact) mass is 393 g/mol. The Hall–Kier alpha value is -2.13. The lowest BCUT2D eigenvalue weighted by Gasteiger charge is -2.13. The quantitative estimate of drug-likeness (QED) is 0.595. The van der Waals surface area contributed by atoms with Gasteiger partial charge in [0.05, 0.1) is 5.75 Å². The minimum Gasteiger partial charge on any atom is -0.338 e. The highest BCUT2D eigenvalue weighted by Gasteiger charge is 2.12. The van der Waals surface area contributed by atoms with Crippen LogP contribution in [0.3, 0.4) is 0 Å². The third-order valence-electron chi connectivity index (χ3n) is 3.55. The third-order valence-corrected chi connectivity index (χ3v) is 5.53. The van der Waals surface area contributed by atoms with E-state index in [4.69, 9.17) is 0 Å². The molecule has 0 atom stereocenters. The summed E-state index contributed by atoms with van der Waals surface area (Å²) in [4.78, 5) is 23.0. The van der Waals surface area contributed by atoms with Crippen molar-refractivity contribution in [3.63, 3.8) is 0 Å². The van der Waals surface area contributed by atoms with Crippen LogP contribution in [0.5, 0.6) is 0 Å². The first kappa shape index (κ1) is 20.2. The lowest BCUT2D eigenvalue weighted by Crippen LogP contribution is -2.40. The average molecular weight is 394 g/mol. The van der Waals surface area contributed by atoms with Gasteiger partial charge in [-0.1, -0.05) is 55.1 Å². The number of nitrogens with one attached hydrogen (secondary N) is 3. The smallest absolute Gasteiger partial charge is 0.321 e. The number of aromatic nitrogens is 2. The van der Waals surface area contributed by atoms with E-state index in [0.29, 0.717) is 16.0 Å². The molecule has 7 nitrogen and oxygen atoms in total. The predicted octanol–water partition coefficient (Wildman–Crippen LogP) is 3.34. The largest absolute Gasteiger partial charge is 0.338 e. The number of amides is 3. The molecule has 0 fully saturated rings. The topological polar surface area (TPSA) is 96.0 Å². The lowest BCUT2D eigenvalue weighted by molar-refractivity contribution is -0.117. The number of nitrogens with zero attached hydrogens (tertiary/aromatic N) is 2. The normalized spacial score (nSPS) is 10.4. The molecule has 1 aromatic carbocycles. The fourth-order valence-corrected chi connectivity index (χ4v) is 3.88. The molecule has 0 spiro atoms. The van der Waals surface area contributed by atoms with Crippen LogP contribution in [-0.2, 0) is 17.6 Å². The van der Waals surface area contributed by atoms with E-state index >= 15 is 0 Å². The van der Waals surface area contributed by atoms with Gasteiger partial charge in [-0.3, -0.25) is 10.1 Å². The molecule has 3 N–H and O–H groups in total. The van der Waals surface area contributed by atoms with E-state index in [1.165, 1.54) is 34.2 Å². The van der Waals surface area contributed by atoms with Crippen LogP contribution in [0.2, 0.25) is 0 Å². The second kappa shape index (κ2) is 10.1. The minimum absolute atomic E-state index is 0.109. The molecule has 0 radical (unpaired) electrons. The molecule has 3 amide bonds. The predicted molar refractivity (Wildman–Crippen MR) is 106 cm³/mol. The minimum atomic E-state index is -0.485. The fraction of sp³-hybridized carbons (Fsp3) is 0.412. The summed E-state index contributed by atoms with van der Waals surface area (Å²) in [5.74, 6) is -0.257. The van der Waals surface area contributed by atoms with Crippen LogP contribution in [0.1, 0.15) is 31.9 Å². The van der Waals surface area contributed by atoms with Gasteiger partial charge in [0.25, 0.3) is 0 Å². The van der Waals surface area contributed by atoms with Gasteiger partial charge in [0.15, 0.2) is 4.34 Å². The molecule has 0 aliphatic heterocycles. The number of hydrogen-bond donors (Lipinski definition) is 3. The maximum absolute atomic E-state index is 11.7. The van der Waals surface area contributed by atoms with Gasteiger partial charge in [-0.05, 0) is 30.9 Å². The summed E-state index contributed by atoms with van der Waals surface area (Å²) in [5.41, 5.74) is 3.55. The third kappa shape index (κ3) is 5.70. The Labute approximate surface area is 161 Å². The van der Waals surface area contributed by atoms with E-state index in [0.717, 1.165) is 18.5 Å². The van der Waals surface area contributed by atoms with Crippen LogP contribution < -0.4 is 16.0 Å². The highest BCUT2D eigenvalue weighted by atomic mass is 32.2. The van der Waals surface area contributed by atoms with Gasteiger partial charge >= 0.3 is 6.03 Å². The number of urea groups is 1. The highest BCUT2D eigenvalue weighted by Crippen LogP contribution is 2.31. The van der Waals surface area contributed by atoms with Crippen LogP contribution in [0.15, 0.2) is 22.5 Å². The van der Waals surface area contributed by atoms with Crippen molar-refractivity contribution in [3.05, 3.63) is 29.3 Å². The number of aryl methyl sites for hydroxylation is 2. The number of carbonyl (C=O) groups is 2. The van der Waals surface area contributed by atoms with Gasteiger partial charge in [0, 0.05) is 12.2 Å². The zero-order valence-corrected chi connectivity index (χ0v) is 16.7. The summed E-state index contributed by atoms with van der Waals surface area (Å²) in [7, 11) is 0. The highest BCUT2D eigenvalue weighted by molar-refractivity contribution is 8.01. The molecule has 26 heavy (non-hydrogen) atoms. The standard InChI is InChI=1S/C17H23N5O2S2/c1-4-11-8-7-9-12(5-2)14(11)20-16-21-22-17(26-16)25-10-13(23)19-15(24)18-6-3/h7-9H,4-6,10H2,1-3H3,(H,20,21)(H2,18,19,23,24). The number of rotatable bonds is 8. The van der Waals surface area contributed by atoms with Gasteiger partial charge in [0.1, 0.15) is 0 Å². The molecule has 0 aliphatic rings. The summed E-state index contributed by atoms with van der Waals surface area (Å²) < 4.78 is 0.672. The van der Waals surface area contributed by atoms with Crippen molar-refractivity contribution >= 4 is 45.9 Å². The summed E-state index contributed by atoms with van der Waals surface area (Å²) in [6.45, 7) is 6.50. The zero-order valence-electron chi connectivity index (χ0n) is 15.1. The first-order valence-electron chi connectivity index (χ1n) is 8.49. The summed E-state index contributed by atoms with van der Waals surface area (Å²) in [5, 5.41) is 17.1. The van der Waals surface area contributed by atoms with Crippen molar-refractivity contribution in [2.45, 2.75) is 38.0 Å². The van der Waals surface area contributed by atoms with Crippen LogP contribution in [0, 0.1) is 0 Å². The average Bonchev–Trinajstić information content (AvgIpc) is 3.08. The molecule has 9 heteroatoms. The van der Waals surface area contributed by atoms with Gasteiger partial charge < -0.3 is 10.6 Å². The van der Waals surface area contributed by atoms with Crippen LogP contribution in [-0.4, -0.2) is 34.4 Å². The van der Waals surface area contributed by atoms with Crippen molar-refractivity contribution in [1.82, 2.24) is 20.8 Å². The van der Waals surface area contributed by atoms with E-state index < -0.39 is 6.03 Å². The molecule has 2 aromatic rings. The van der Waals surface area contributed by atoms with Gasteiger partial charge in [-0.15, -0.1) is 10.2 Å². The summed E-state index contributed by atoms with van der Waals surface area (Å²) in [6.07, 6.45) is 1.85. The molecule has 1 aromatic heterocycles. The van der Waals surface area contributed by atoms with Crippen molar-refractivity contribution in [3.8, 4) is 0 Å². The van der Waals surface area contributed by atoms with Crippen molar-refractivity contribution in [2.75, 3.05) is 17.6 Å². The molecule has 0 aliphatic carbocycles. The Balaban J connectivity index is 1.96. The molecule has 2 rings (SSSR count). The van der Waals surface area contributed by atoms with E-state index in [2.05, 4.69) is 58.2 Å². The summed E-state index contributed by atoms with van der Waals surface area (Å²) in [6, 6.07) is 5.78. The second-order valence-corrected chi connectivity index (χ2v) is 7.55. The Morgan fingerprint density at radius 3 is 2.42 bits per heavy atom. The Morgan fingerprint density at radius 2 is 1.81 bits per heavy atom.